The standard InChI is InChI=1S/C8H9NO5/c1-3-13-7(11)6-4-9(5(2)10)14-8(6)12/h4H,3H2,1-2H3. The minimum Gasteiger partial charge on any atom is -0.462 e. The number of ether oxygens (including phenoxy) is 1. The Bertz CT molecular complexity index is 414. The summed E-state index contributed by atoms with van der Waals surface area (Å²) >= 11 is 0. The number of rotatable bonds is 2. The second-order valence-corrected chi connectivity index (χ2v) is 2.49. The zero-order valence-corrected chi connectivity index (χ0v) is 7.77. The molecule has 0 aliphatic heterocycles. The van der Waals surface area contributed by atoms with Gasteiger partial charge in [-0.25, -0.2) is 9.59 Å². The first-order chi connectivity index (χ1) is 6.56. The van der Waals surface area contributed by atoms with Crippen molar-refractivity contribution in [1.82, 2.24) is 4.74 Å². The lowest BCUT2D eigenvalue weighted by Crippen LogP contribution is -2.12. The molecule has 0 aliphatic rings. The highest BCUT2D eigenvalue weighted by Gasteiger charge is 2.17. The highest BCUT2D eigenvalue weighted by atomic mass is 16.5. The van der Waals surface area contributed by atoms with Crippen molar-refractivity contribution < 1.29 is 18.8 Å². The van der Waals surface area contributed by atoms with Crippen molar-refractivity contribution in [1.29, 1.82) is 0 Å². The summed E-state index contributed by atoms with van der Waals surface area (Å²) < 4.78 is 9.72. The van der Waals surface area contributed by atoms with E-state index in [2.05, 4.69) is 9.26 Å². The molecule has 0 fully saturated rings. The summed E-state index contributed by atoms with van der Waals surface area (Å²) in [6, 6.07) is 0. The molecule has 0 aliphatic carbocycles. The third-order valence-electron chi connectivity index (χ3n) is 1.45. The maximum absolute atomic E-state index is 11.1. The van der Waals surface area contributed by atoms with Crippen LogP contribution in [0.25, 0.3) is 0 Å². The molecule has 0 bridgehead atoms. The molecule has 0 spiro atoms. The summed E-state index contributed by atoms with van der Waals surface area (Å²) in [6.45, 7) is 2.98. The van der Waals surface area contributed by atoms with E-state index in [-0.39, 0.29) is 12.2 Å². The number of hydrogen-bond donors (Lipinski definition) is 0. The van der Waals surface area contributed by atoms with Gasteiger partial charge in [-0.05, 0) is 6.92 Å². The van der Waals surface area contributed by atoms with E-state index >= 15 is 0 Å². The zero-order chi connectivity index (χ0) is 10.7. The largest absolute Gasteiger partial charge is 0.462 e. The third kappa shape index (κ3) is 1.90. The van der Waals surface area contributed by atoms with Gasteiger partial charge in [-0.1, -0.05) is 0 Å². The average molecular weight is 199 g/mol. The van der Waals surface area contributed by atoms with Gasteiger partial charge in [0.2, 0.25) is 0 Å². The van der Waals surface area contributed by atoms with E-state index in [9.17, 15) is 14.4 Å². The molecule has 0 saturated heterocycles. The summed E-state index contributed by atoms with van der Waals surface area (Å²) in [4.78, 5) is 32.9. The Hall–Kier alpha value is -1.85. The van der Waals surface area contributed by atoms with Crippen LogP contribution in [0, 0.1) is 0 Å². The molecule has 76 valence electrons. The fourth-order valence-corrected chi connectivity index (χ4v) is 0.835. The van der Waals surface area contributed by atoms with Crippen molar-refractivity contribution in [2.75, 3.05) is 6.61 Å². The Morgan fingerprint density at radius 2 is 2.21 bits per heavy atom. The lowest BCUT2D eigenvalue weighted by atomic mass is 10.4. The van der Waals surface area contributed by atoms with Gasteiger partial charge < -0.3 is 9.26 Å². The van der Waals surface area contributed by atoms with E-state index in [1.165, 1.54) is 6.92 Å². The van der Waals surface area contributed by atoms with Crippen molar-refractivity contribution >= 4 is 11.9 Å². The van der Waals surface area contributed by atoms with E-state index in [4.69, 9.17) is 0 Å². The van der Waals surface area contributed by atoms with Crippen molar-refractivity contribution in [2.45, 2.75) is 13.8 Å². The Labute approximate surface area is 79.0 Å². The van der Waals surface area contributed by atoms with E-state index in [0.717, 1.165) is 6.20 Å². The van der Waals surface area contributed by atoms with Crippen molar-refractivity contribution in [3.8, 4) is 0 Å². The van der Waals surface area contributed by atoms with Gasteiger partial charge in [-0.3, -0.25) is 4.79 Å². The van der Waals surface area contributed by atoms with Crippen molar-refractivity contribution in [3.05, 3.63) is 22.2 Å². The maximum atomic E-state index is 11.1. The molecule has 1 rings (SSSR count). The molecule has 6 heteroatoms. The summed E-state index contributed by atoms with van der Waals surface area (Å²) in [5.41, 5.74) is -1.15. The molecule has 0 atom stereocenters. The second-order valence-electron chi connectivity index (χ2n) is 2.49. The minimum atomic E-state index is -0.876. The predicted molar refractivity (Wildman–Crippen MR) is 45.2 cm³/mol. The molecule has 0 unspecified atom stereocenters. The van der Waals surface area contributed by atoms with Crippen LogP contribution in [0.1, 0.15) is 29.0 Å². The summed E-state index contributed by atoms with van der Waals surface area (Å²) in [5.74, 6) is -1.28. The van der Waals surface area contributed by atoms with Crippen LogP contribution in [0.15, 0.2) is 15.5 Å². The van der Waals surface area contributed by atoms with Crippen LogP contribution < -0.4 is 5.63 Å². The number of esters is 1. The first-order valence-corrected chi connectivity index (χ1v) is 3.97. The molecule has 6 nitrogen and oxygen atoms in total. The molecule has 14 heavy (non-hydrogen) atoms. The van der Waals surface area contributed by atoms with Gasteiger partial charge in [0.25, 0.3) is 5.91 Å². The Kier molecular flexibility index (Phi) is 2.85. The van der Waals surface area contributed by atoms with Gasteiger partial charge in [0.1, 0.15) is 0 Å². The Morgan fingerprint density at radius 3 is 2.64 bits per heavy atom. The number of carbonyl (C=O) groups is 2. The van der Waals surface area contributed by atoms with Crippen LogP contribution >= 0.6 is 0 Å². The van der Waals surface area contributed by atoms with Crippen molar-refractivity contribution in [2.24, 2.45) is 0 Å². The van der Waals surface area contributed by atoms with E-state index in [0.29, 0.717) is 4.74 Å². The van der Waals surface area contributed by atoms with Gasteiger partial charge >= 0.3 is 11.6 Å². The van der Waals surface area contributed by atoms with E-state index in [1.807, 2.05) is 0 Å². The molecule has 0 saturated carbocycles. The molecule has 0 amide bonds. The number of carbonyl (C=O) groups excluding carboxylic acids is 2. The molecule has 1 aromatic rings. The number of aromatic nitrogens is 1. The summed E-state index contributed by atoms with van der Waals surface area (Å²) in [7, 11) is 0. The minimum absolute atomic E-state index is 0.156. The molecular formula is C8H9NO5. The van der Waals surface area contributed by atoms with E-state index in [1.54, 1.807) is 6.92 Å². The fraction of sp³-hybridized carbons (Fsp3) is 0.375. The third-order valence-corrected chi connectivity index (χ3v) is 1.45. The highest BCUT2D eigenvalue weighted by molar-refractivity contribution is 5.89. The van der Waals surface area contributed by atoms with Crippen LogP contribution in [0.5, 0.6) is 0 Å². The number of nitrogens with zero attached hydrogens (tertiary/aromatic N) is 1. The smallest absolute Gasteiger partial charge is 0.372 e. The van der Waals surface area contributed by atoms with Gasteiger partial charge in [-0.2, -0.15) is 0 Å². The summed E-state index contributed by atoms with van der Waals surface area (Å²) in [6.07, 6.45) is 1.02. The van der Waals surface area contributed by atoms with Crippen LogP contribution in [-0.2, 0) is 4.74 Å². The molecule has 1 heterocycles. The van der Waals surface area contributed by atoms with E-state index < -0.39 is 17.5 Å². The van der Waals surface area contributed by atoms with Gasteiger partial charge in [0.05, 0.1) is 12.8 Å². The number of hydrogen-bond acceptors (Lipinski definition) is 5. The molecule has 1 aromatic heterocycles. The predicted octanol–water partition coefficient (Wildman–Crippen LogP) is 0.278. The van der Waals surface area contributed by atoms with Gasteiger partial charge in [0.15, 0.2) is 5.56 Å². The van der Waals surface area contributed by atoms with Gasteiger partial charge in [0, 0.05) is 6.92 Å². The molecular weight excluding hydrogens is 190 g/mol. The quantitative estimate of drug-likeness (QED) is 0.639. The molecule has 0 N–H and O–H groups in total. The van der Waals surface area contributed by atoms with Crippen LogP contribution in [-0.4, -0.2) is 23.2 Å². The van der Waals surface area contributed by atoms with Crippen LogP contribution in [0.2, 0.25) is 0 Å². The topological polar surface area (TPSA) is 78.5 Å². The highest BCUT2D eigenvalue weighted by Crippen LogP contribution is 1.97. The van der Waals surface area contributed by atoms with Crippen LogP contribution in [0.4, 0.5) is 0 Å². The Balaban J connectivity index is 3.05. The monoisotopic (exact) mass is 199 g/mol. The lowest BCUT2D eigenvalue weighted by molar-refractivity contribution is 0.0523. The SMILES string of the molecule is CCOC(=O)c1cn(C(C)=O)oc1=O. The summed E-state index contributed by atoms with van der Waals surface area (Å²) in [5, 5.41) is 0. The van der Waals surface area contributed by atoms with Crippen molar-refractivity contribution in [3.63, 3.8) is 0 Å². The average Bonchev–Trinajstić information content (AvgIpc) is 2.48. The maximum Gasteiger partial charge on any atom is 0.372 e. The van der Waals surface area contributed by atoms with Crippen LogP contribution in [0.3, 0.4) is 0 Å². The fourth-order valence-electron chi connectivity index (χ4n) is 0.835. The zero-order valence-electron chi connectivity index (χ0n) is 7.77. The van der Waals surface area contributed by atoms with Gasteiger partial charge in [-0.15, -0.1) is 4.74 Å². The normalized spacial score (nSPS) is 9.86. The first kappa shape index (κ1) is 10.2. The first-order valence-electron chi connectivity index (χ1n) is 3.97. The second kappa shape index (κ2) is 3.91. The Morgan fingerprint density at radius 1 is 1.57 bits per heavy atom. The molecule has 0 radical (unpaired) electrons. The lowest BCUT2D eigenvalue weighted by Gasteiger charge is -1.94. The molecule has 0 aromatic carbocycles.